The summed E-state index contributed by atoms with van der Waals surface area (Å²) in [7, 11) is 0. The van der Waals surface area contributed by atoms with E-state index in [1.807, 2.05) is 0 Å². The smallest absolute Gasteiger partial charge is 0.201 e. The highest BCUT2D eigenvalue weighted by Gasteiger charge is 2.24. The number of aryl methyl sites for hydroxylation is 1. The van der Waals surface area contributed by atoms with Crippen molar-refractivity contribution in [3.05, 3.63) is 223 Å². The van der Waals surface area contributed by atoms with Gasteiger partial charge >= 0.3 is 0 Å². The third-order valence-electron chi connectivity index (χ3n) is 13.9. The monoisotopic (exact) mass is 875 g/mol. The van der Waals surface area contributed by atoms with Gasteiger partial charge in [-0.25, -0.2) is 19.9 Å². The van der Waals surface area contributed by atoms with Crippen LogP contribution in [-0.4, -0.2) is 33.6 Å². The Hall–Kier alpha value is -8.68. The maximum absolute atomic E-state index is 5.53. The fourth-order valence-electron chi connectivity index (χ4n) is 10.8. The number of rotatable bonds is 9. The lowest BCUT2D eigenvalue weighted by Gasteiger charge is -2.21. The van der Waals surface area contributed by atoms with E-state index < -0.39 is 0 Å². The number of aromatic nitrogens is 7. The molecule has 0 bridgehead atoms. The second kappa shape index (κ2) is 16.0. The van der Waals surface area contributed by atoms with Gasteiger partial charge in [-0.2, -0.15) is 0 Å². The van der Waals surface area contributed by atoms with Gasteiger partial charge in [-0.1, -0.05) is 165 Å². The molecule has 7 heteroatoms. The minimum atomic E-state index is 0.164. The molecule has 0 saturated carbocycles. The van der Waals surface area contributed by atoms with E-state index in [-0.39, 0.29) is 5.92 Å². The lowest BCUT2D eigenvalue weighted by atomic mass is 9.85. The number of hydrogen-bond acceptors (Lipinski definition) is 4. The highest BCUT2D eigenvalue weighted by Crippen LogP contribution is 2.39. The van der Waals surface area contributed by atoms with Crippen molar-refractivity contribution in [2.24, 2.45) is 0 Å². The van der Waals surface area contributed by atoms with Crippen LogP contribution in [0.1, 0.15) is 36.1 Å². The molecule has 0 N–H and O–H groups in total. The van der Waals surface area contributed by atoms with Crippen LogP contribution in [0.2, 0.25) is 0 Å². The second-order valence-electron chi connectivity index (χ2n) is 17.8. The third-order valence-corrected chi connectivity index (χ3v) is 13.9. The van der Waals surface area contributed by atoms with Gasteiger partial charge in [0.05, 0.1) is 33.1 Å². The van der Waals surface area contributed by atoms with Gasteiger partial charge in [-0.05, 0) is 84.3 Å². The van der Waals surface area contributed by atoms with Gasteiger partial charge in [-0.15, -0.1) is 0 Å². The Morgan fingerprint density at radius 1 is 0.368 bits per heavy atom. The Balaban J connectivity index is 1.09. The van der Waals surface area contributed by atoms with Crippen LogP contribution in [0.25, 0.3) is 106 Å². The first kappa shape index (κ1) is 39.7. The van der Waals surface area contributed by atoms with Gasteiger partial charge in [0.2, 0.25) is 5.82 Å². The highest BCUT2D eigenvalue weighted by atomic mass is 15.2. The van der Waals surface area contributed by atoms with Crippen molar-refractivity contribution in [3.63, 3.8) is 0 Å². The molecule has 324 valence electrons. The van der Waals surface area contributed by atoms with Crippen molar-refractivity contribution in [1.29, 1.82) is 0 Å². The molecule has 0 fully saturated rings. The first-order valence-corrected chi connectivity index (χ1v) is 23.5. The molecular formula is C61H45N7. The molecular weight excluding hydrogens is 831 g/mol. The summed E-state index contributed by atoms with van der Waals surface area (Å²) in [6, 6.07) is 73.3. The van der Waals surface area contributed by atoms with E-state index in [0.29, 0.717) is 18.1 Å². The molecule has 0 amide bonds. The fraction of sp³-hybridized carbons (Fsp3) is 0.0820. The molecule has 0 saturated heterocycles. The van der Waals surface area contributed by atoms with Crippen LogP contribution in [0.3, 0.4) is 0 Å². The zero-order chi connectivity index (χ0) is 45.3. The predicted molar refractivity (Wildman–Crippen MR) is 279 cm³/mol. The van der Waals surface area contributed by atoms with Crippen LogP contribution in [0, 0.1) is 6.92 Å². The molecule has 13 aromatic rings. The summed E-state index contributed by atoms with van der Waals surface area (Å²) < 4.78 is 6.81. The molecule has 0 radical (unpaired) electrons. The number of hydrogen-bond donors (Lipinski definition) is 0. The molecule has 1 atom stereocenters. The van der Waals surface area contributed by atoms with Crippen molar-refractivity contribution in [3.8, 4) is 40.2 Å². The van der Waals surface area contributed by atoms with Gasteiger partial charge in [0.1, 0.15) is 17.5 Å². The van der Waals surface area contributed by atoms with Gasteiger partial charge in [0, 0.05) is 50.1 Å². The number of fused-ring (bicyclic) bond motifs is 9. The standard InChI is InChI=1S/C61H45N7/c1-3-40(43-22-6-7-23-44(43)42-21-5-4-20-39(42)2)36-41-37-57(66-51-30-14-8-24-45(51)46-25-9-15-31-52(46)66)63-60(62-41)61-64-58(67-53-32-16-10-26-47(53)48-27-11-17-33-54(48)67)38-59(65-61)68-55-34-18-12-28-49(55)50-29-13-19-35-56(50)68/h4-35,37-38,40H,3,36H2,1-2H3. The van der Waals surface area contributed by atoms with Gasteiger partial charge in [0.25, 0.3) is 0 Å². The van der Waals surface area contributed by atoms with E-state index in [2.05, 4.69) is 234 Å². The zero-order valence-electron chi connectivity index (χ0n) is 37.8. The van der Waals surface area contributed by atoms with Gasteiger partial charge in [0.15, 0.2) is 5.82 Å². The molecule has 0 aliphatic carbocycles. The maximum Gasteiger partial charge on any atom is 0.201 e. The van der Waals surface area contributed by atoms with Crippen molar-refractivity contribution in [1.82, 2.24) is 33.6 Å². The first-order valence-electron chi connectivity index (χ1n) is 23.5. The Bertz CT molecular complexity index is 3800. The summed E-state index contributed by atoms with van der Waals surface area (Å²) in [5, 5.41) is 6.97. The Morgan fingerprint density at radius 3 is 1.12 bits per heavy atom. The average molecular weight is 876 g/mol. The lowest BCUT2D eigenvalue weighted by Crippen LogP contribution is -2.11. The molecule has 0 aliphatic heterocycles. The molecule has 8 aromatic carbocycles. The summed E-state index contributed by atoms with van der Waals surface area (Å²) in [6.45, 7) is 4.48. The Kier molecular flexibility index (Phi) is 9.35. The SMILES string of the molecule is CCC(Cc1cc(-n2c3ccccc3c3ccccc32)nc(-c2nc(-n3c4ccccc4c4ccccc43)cc(-n3c4ccccc4c4ccccc43)n2)n1)c1ccccc1-c1ccccc1C. The summed E-state index contributed by atoms with van der Waals surface area (Å²) in [4.78, 5) is 22.1. The Morgan fingerprint density at radius 2 is 0.706 bits per heavy atom. The largest absolute Gasteiger partial charge is 0.294 e. The summed E-state index contributed by atoms with van der Waals surface area (Å²) in [6.07, 6.45) is 1.61. The van der Waals surface area contributed by atoms with E-state index in [1.165, 1.54) is 33.0 Å². The molecule has 5 aromatic heterocycles. The average Bonchev–Trinajstić information content (AvgIpc) is 4.04. The molecule has 1 unspecified atom stereocenters. The van der Waals surface area contributed by atoms with Crippen molar-refractivity contribution in [2.45, 2.75) is 32.6 Å². The van der Waals surface area contributed by atoms with Crippen LogP contribution in [0.15, 0.2) is 206 Å². The number of benzene rings is 8. The van der Waals surface area contributed by atoms with Crippen molar-refractivity contribution in [2.75, 3.05) is 0 Å². The fourth-order valence-corrected chi connectivity index (χ4v) is 10.8. The second-order valence-corrected chi connectivity index (χ2v) is 17.8. The van der Waals surface area contributed by atoms with E-state index in [1.54, 1.807) is 0 Å². The number of nitrogens with zero attached hydrogens (tertiary/aromatic N) is 7. The summed E-state index contributed by atoms with van der Waals surface area (Å²) >= 11 is 0. The van der Waals surface area contributed by atoms with Gasteiger partial charge in [-0.3, -0.25) is 13.7 Å². The normalized spacial score (nSPS) is 12.3. The highest BCUT2D eigenvalue weighted by molar-refractivity contribution is 6.11. The number of para-hydroxylation sites is 6. The van der Waals surface area contributed by atoms with Crippen LogP contribution in [0.4, 0.5) is 0 Å². The minimum Gasteiger partial charge on any atom is -0.294 e. The molecule has 7 nitrogen and oxygen atoms in total. The quantitative estimate of drug-likeness (QED) is 0.145. The van der Waals surface area contributed by atoms with Crippen LogP contribution < -0.4 is 0 Å². The van der Waals surface area contributed by atoms with Crippen molar-refractivity contribution < 1.29 is 0 Å². The van der Waals surface area contributed by atoms with E-state index >= 15 is 0 Å². The van der Waals surface area contributed by atoms with Crippen LogP contribution >= 0.6 is 0 Å². The third kappa shape index (κ3) is 6.34. The summed E-state index contributed by atoms with van der Waals surface area (Å²) in [5.41, 5.74) is 12.4. The van der Waals surface area contributed by atoms with E-state index in [4.69, 9.17) is 19.9 Å². The molecule has 0 aliphatic rings. The molecule has 0 spiro atoms. The Labute approximate surface area is 393 Å². The molecule has 68 heavy (non-hydrogen) atoms. The molecule has 13 rings (SSSR count). The topological polar surface area (TPSA) is 66.3 Å². The minimum absolute atomic E-state index is 0.164. The van der Waals surface area contributed by atoms with E-state index in [9.17, 15) is 0 Å². The molecule has 5 heterocycles. The summed E-state index contributed by atoms with van der Waals surface area (Å²) in [5.74, 6) is 3.31. The van der Waals surface area contributed by atoms with Crippen molar-refractivity contribution >= 4 is 65.4 Å². The van der Waals surface area contributed by atoms with Gasteiger partial charge < -0.3 is 0 Å². The predicted octanol–water partition coefficient (Wildman–Crippen LogP) is 14.9. The van der Waals surface area contributed by atoms with Crippen LogP contribution in [-0.2, 0) is 6.42 Å². The van der Waals surface area contributed by atoms with E-state index in [0.717, 1.165) is 84.2 Å². The van der Waals surface area contributed by atoms with Crippen LogP contribution in [0.5, 0.6) is 0 Å². The first-order chi connectivity index (χ1) is 33.6. The lowest BCUT2D eigenvalue weighted by molar-refractivity contribution is 0.649. The zero-order valence-corrected chi connectivity index (χ0v) is 37.8. The maximum atomic E-state index is 5.53.